The minimum absolute atomic E-state index is 0.515. The molecule has 2 fully saturated rings. The molecule has 3 rings (SSSR count). The predicted octanol–water partition coefficient (Wildman–Crippen LogP) is 1.02. The Bertz CT molecular complexity index is 408. The summed E-state index contributed by atoms with van der Waals surface area (Å²) in [7, 11) is 1.66. The molecule has 94 valence electrons. The van der Waals surface area contributed by atoms with Crippen molar-refractivity contribution in [1.29, 1.82) is 0 Å². The lowest BCUT2D eigenvalue weighted by Crippen LogP contribution is -2.50. The lowest BCUT2D eigenvalue weighted by atomic mass is 10.1. The van der Waals surface area contributed by atoms with Gasteiger partial charge in [0.05, 0.1) is 7.11 Å². The molecule has 1 atom stereocenters. The van der Waals surface area contributed by atoms with Gasteiger partial charge in [-0.05, 0) is 30.9 Å². The third-order valence-electron chi connectivity index (χ3n) is 3.74. The van der Waals surface area contributed by atoms with Crippen LogP contribution >= 0.6 is 11.5 Å². The van der Waals surface area contributed by atoms with Crippen LogP contribution in [0, 0.1) is 0 Å². The Morgan fingerprint density at radius 2 is 2.29 bits per heavy atom. The van der Waals surface area contributed by atoms with E-state index >= 15 is 0 Å². The first-order valence-corrected chi connectivity index (χ1v) is 6.85. The van der Waals surface area contributed by atoms with Crippen LogP contribution in [0.1, 0.15) is 12.8 Å². The van der Waals surface area contributed by atoms with E-state index < -0.39 is 0 Å². The van der Waals surface area contributed by atoms with Crippen molar-refractivity contribution >= 4 is 22.4 Å². The number of fused-ring (bicyclic) bond motifs is 1. The monoisotopic (exact) mass is 254 g/mol. The van der Waals surface area contributed by atoms with E-state index in [2.05, 4.69) is 14.2 Å². The SMILES string of the molecule is COc1c(N)nsc1N1CCN2CCCC2C1. The third kappa shape index (κ3) is 1.85. The van der Waals surface area contributed by atoms with E-state index in [-0.39, 0.29) is 0 Å². The van der Waals surface area contributed by atoms with E-state index in [0.717, 1.165) is 30.4 Å². The highest BCUT2D eigenvalue weighted by Gasteiger charge is 2.32. The maximum Gasteiger partial charge on any atom is 0.197 e. The molecule has 1 unspecified atom stereocenters. The molecular weight excluding hydrogens is 236 g/mol. The van der Waals surface area contributed by atoms with Crippen molar-refractivity contribution in [2.24, 2.45) is 0 Å². The molecule has 0 aliphatic carbocycles. The smallest absolute Gasteiger partial charge is 0.197 e. The van der Waals surface area contributed by atoms with Crippen LogP contribution in [0.25, 0.3) is 0 Å². The van der Waals surface area contributed by atoms with Gasteiger partial charge in [0.25, 0.3) is 0 Å². The number of nitrogens with zero attached hydrogens (tertiary/aromatic N) is 3. The number of rotatable bonds is 2. The van der Waals surface area contributed by atoms with Crippen molar-refractivity contribution in [2.45, 2.75) is 18.9 Å². The van der Waals surface area contributed by atoms with Crippen LogP contribution in [0.15, 0.2) is 0 Å². The highest BCUT2D eigenvalue weighted by molar-refractivity contribution is 7.11. The molecule has 6 heteroatoms. The zero-order valence-electron chi connectivity index (χ0n) is 10.1. The standard InChI is InChI=1S/C11H18N4OS/c1-16-9-10(12)13-17-11(9)15-6-5-14-4-2-3-8(14)7-15/h8H,2-7H2,1H3,(H2,12,13). The Kier molecular flexibility index (Phi) is 2.84. The number of aromatic nitrogens is 1. The van der Waals surface area contributed by atoms with Gasteiger partial charge in [0, 0.05) is 25.7 Å². The molecule has 0 saturated carbocycles. The van der Waals surface area contributed by atoms with Crippen molar-refractivity contribution in [2.75, 3.05) is 43.9 Å². The molecule has 17 heavy (non-hydrogen) atoms. The maximum atomic E-state index is 5.80. The first-order chi connectivity index (χ1) is 8.29. The van der Waals surface area contributed by atoms with Crippen LogP contribution in [-0.4, -0.2) is 48.6 Å². The zero-order chi connectivity index (χ0) is 11.8. The zero-order valence-corrected chi connectivity index (χ0v) is 10.9. The van der Waals surface area contributed by atoms with Gasteiger partial charge in [0.1, 0.15) is 0 Å². The van der Waals surface area contributed by atoms with Crippen LogP contribution in [0.4, 0.5) is 10.8 Å². The molecule has 2 saturated heterocycles. The van der Waals surface area contributed by atoms with E-state index in [0.29, 0.717) is 11.9 Å². The Labute approximate surface area is 105 Å². The molecule has 0 bridgehead atoms. The summed E-state index contributed by atoms with van der Waals surface area (Å²) in [6.45, 7) is 4.54. The van der Waals surface area contributed by atoms with Crippen molar-refractivity contribution < 1.29 is 4.74 Å². The molecule has 2 aliphatic rings. The summed E-state index contributed by atoms with van der Waals surface area (Å²) in [5.41, 5.74) is 5.80. The summed E-state index contributed by atoms with van der Waals surface area (Å²) in [5.74, 6) is 1.27. The van der Waals surface area contributed by atoms with Gasteiger partial charge in [-0.3, -0.25) is 4.90 Å². The van der Waals surface area contributed by atoms with Crippen LogP contribution in [0.2, 0.25) is 0 Å². The Morgan fingerprint density at radius 3 is 3.12 bits per heavy atom. The number of nitrogens with two attached hydrogens (primary N) is 1. The molecular formula is C11H18N4OS. The number of hydrogen-bond acceptors (Lipinski definition) is 6. The van der Waals surface area contributed by atoms with Gasteiger partial charge in [-0.25, -0.2) is 0 Å². The summed E-state index contributed by atoms with van der Waals surface area (Å²) in [5, 5.41) is 1.09. The van der Waals surface area contributed by atoms with Crippen LogP contribution in [-0.2, 0) is 0 Å². The second-order valence-electron chi connectivity index (χ2n) is 4.68. The lowest BCUT2D eigenvalue weighted by Gasteiger charge is -2.37. The second-order valence-corrected chi connectivity index (χ2v) is 5.44. The molecule has 0 aromatic carbocycles. The molecule has 0 spiro atoms. The largest absolute Gasteiger partial charge is 0.490 e. The second kappa shape index (κ2) is 4.34. The Morgan fingerprint density at radius 1 is 1.41 bits per heavy atom. The van der Waals surface area contributed by atoms with E-state index in [1.807, 2.05) is 0 Å². The molecule has 2 N–H and O–H groups in total. The Balaban J connectivity index is 1.80. The van der Waals surface area contributed by atoms with E-state index in [9.17, 15) is 0 Å². The number of anilines is 2. The summed E-state index contributed by atoms with van der Waals surface area (Å²) >= 11 is 1.45. The molecule has 0 radical (unpaired) electrons. The number of piperazine rings is 1. The summed E-state index contributed by atoms with van der Waals surface area (Å²) in [4.78, 5) is 4.96. The number of hydrogen-bond donors (Lipinski definition) is 1. The number of ether oxygens (including phenoxy) is 1. The minimum Gasteiger partial charge on any atom is -0.490 e. The molecule has 0 amide bonds. The van der Waals surface area contributed by atoms with Crippen LogP contribution in [0.5, 0.6) is 5.75 Å². The summed E-state index contributed by atoms with van der Waals surface area (Å²) in [6, 6.07) is 0.705. The van der Waals surface area contributed by atoms with Crippen molar-refractivity contribution in [3.05, 3.63) is 0 Å². The summed E-state index contributed by atoms with van der Waals surface area (Å²) in [6.07, 6.45) is 2.65. The van der Waals surface area contributed by atoms with Crippen molar-refractivity contribution in [1.82, 2.24) is 9.27 Å². The maximum absolute atomic E-state index is 5.80. The van der Waals surface area contributed by atoms with Gasteiger partial charge in [0.2, 0.25) is 0 Å². The van der Waals surface area contributed by atoms with Crippen molar-refractivity contribution in [3.63, 3.8) is 0 Å². The van der Waals surface area contributed by atoms with Gasteiger partial charge in [-0.2, -0.15) is 4.37 Å². The number of nitrogen functional groups attached to an aromatic ring is 1. The van der Waals surface area contributed by atoms with Crippen LogP contribution in [0.3, 0.4) is 0 Å². The normalized spacial score (nSPS) is 25.0. The third-order valence-corrected chi connectivity index (χ3v) is 4.64. The highest BCUT2D eigenvalue weighted by Crippen LogP contribution is 2.39. The fourth-order valence-electron chi connectivity index (χ4n) is 2.85. The van der Waals surface area contributed by atoms with Gasteiger partial charge in [-0.15, -0.1) is 0 Å². The molecule has 1 aromatic heterocycles. The highest BCUT2D eigenvalue weighted by atomic mass is 32.1. The number of methoxy groups -OCH3 is 1. The topological polar surface area (TPSA) is 54.6 Å². The van der Waals surface area contributed by atoms with Crippen LogP contribution < -0.4 is 15.4 Å². The van der Waals surface area contributed by atoms with Crippen molar-refractivity contribution in [3.8, 4) is 5.75 Å². The minimum atomic E-state index is 0.515. The van der Waals surface area contributed by atoms with E-state index in [1.165, 1.54) is 30.9 Å². The van der Waals surface area contributed by atoms with Gasteiger partial charge in [0.15, 0.2) is 16.6 Å². The molecule has 5 nitrogen and oxygen atoms in total. The molecule has 3 heterocycles. The summed E-state index contributed by atoms with van der Waals surface area (Å²) < 4.78 is 9.54. The molecule has 1 aromatic rings. The van der Waals surface area contributed by atoms with Gasteiger partial charge < -0.3 is 15.4 Å². The van der Waals surface area contributed by atoms with Gasteiger partial charge >= 0.3 is 0 Å². The predicted molar refractivity (Wildman–Crippen MR) is 69.9 cm³/mol. The first kappa shape index (κ1) is 11.1. The van der Waals surface area contributed by atoms with Gasteiger partial charge in [-0.1, -0.05) is 0 Å². The first-order valence-electron chi connectivity index (χ1n) is 6.07. The lowest BCUT2D eigenvalue weighted by molar-refractivity contribution is 0.231. The fourth-order valence-corrected chi connectivity index (χ4v) is 3.67. The quantitative estimate of drug-likeness (QED) is 0.854. The average molecular weight is 254 g/mol. The molecule has 2 aliphatic heterocycles. The fraction of sp³-hybridized carbons (Fsp3) is 0.727. The Hall–Kier alpha value is -1.01. The van der Waals surface area contributed by atoms with E-state index in [4.69, 9.17) is 10.5 Å². The average Bonchev–Trinajstić information content (AvgIpc) is 2.93. The van der Waals surface area contributed by atoms with E-state index in [1.54, 1.807) is 7.11 Å².